The quantitative estimate of drug-likeness (QED) is 0.776. The third-order valence-electron chi connectivity index (χ3n) is 6.01. The summed E-state index contributed by atoms with van der Waals surface area (Å²) in [5, 5.41) is 10.7. The number of fused-ring (bicyclic) bond motifs is 1. The SMILES string of the molecule is CCc1cnc(N2C[C@H]3C[C@@H](Oc4cccc(C(=O)OC)c4)[C@H](O)C[C@H]3C2)nc1. The topological polar surface area (TPSA) is 84.8 Å². The van der Waals surface area contributed by atoms with Crippen LogP contribution in [0.4, 0.5) is 5.95 Å². The molecule has 1 aliphatic heterocycles. The summed E-state index contributed by atoms with van der Waals surface area (Å²) in [4.78, 5) is 23.0. The Kier molecular flexibility index (Phi) is 5.67. The van der Waals surface area contributed by atoms with Gasteiger partial charge in [-0.15, -0.1) is 0 Å². The van der Waals surface area contributed by atoms with Crippen molar-refractivity contribution in [2.24, 2.45) is 11.8 Å². The summed E-state index contributed by atoms with van der Waals surface area (Å²) in [7, 11) is 1.35. The van der Waals surface area contributed by atoms with E-state index in [9.17, 15) is 9.90 Å². The normalized spacial score (nSPS) is 26.1. The molecule has 1 N–H and O–H groups in total. The molecule has 2 aliphatic rings. The van der Waals surface area contributed by atoms with Crippen LogP contribution in [0.1, 0.15) is 35.7 Å². The number of hydrogen-bond donors (Lipinski definition) is 1. The van der Waals surface area contributed by atoms with E-state index in [0.717, 1.165) is 37.4 Å². The van der Waals surface area contributed by atoms with Gasteiger partial charge < -0.3 is 19.5 Å². The molecular weight excluding hydrogens is 370 g/mol. The van der Waals surface area contributed by atoms with Crippen molar-refractivity contribution in [1.29, 1.82) is 0 Å². The van der Waals surface area contributed by atoms with E-state index in [4.69, 9.17) is 9.47 Å². The maximum absolute atomic E-state index is 11.7. The minimum absolute atomic E-state index is 0.299. The first kappa shape index (κ1) is 19.6. The number of carbonyl (C=O) groups excluding carboxylic acids is 1. The Morgan fingerprint density at radius 3 is 2.62 bits per heavy atom. The Labute approximate surface area is 170 Å². The number of benzene rings is 1. The van der Waals surface area contributed by atoms with E-state index in [-0.39, 0.29) is 6.10 Å². The lowest BCUT2D eigenvalue weighted by Gasteiger charge is -2.35. The molecule has 0 radical (unpaired) electrons. The third kappa shape index (κ3) is 4.19. The van der Waals surface area contributed by atoms with Gasteiger partial charge in [-0.1, -0.05) is 13.0 Å². The summed E-state index contributed by atoms with van der Waals surface area (Å²) in [5.74, 6) is 1.75. The number of rotatable bonds is 5. The third-order valence-corrected chi connectivity index (χ3v) is 6.01. The van der Waals surface area contributed by atoms with Crippen molar-refractivity contribution in [3.63, 3.8) is 0 Å². The Bertz CT molecular complexity index is 857. The van der Waals surface area contributed by atoms with Crippen LogP contribution in [-0.2, 0) is 11.2 Å². The minimum Gasteiger partial charge on any atom is -0.488 e. The zero-order valence-electron chi connectivity index (χ0n) is 16.8. The van der Waals surface area contributed by atoms with E-state index in [2.05, 4.69) is 21.8 Å². The van der Waals surface area contributed by atoms with Gasteiger partial charge in [-0.2, -0.15) is 0 Å². The highest BCUT2D eigenvalue weighted by molar-refractivity contribution is 5.89. The van der Waals surface area contributed by atoms with Gasteiger partial charge in [-0.25, -0.2) is 14.8 Å². The van der Waals surface area contributed by atoms with Gasteiger partial charge in [0.25, 0.3) is 0 Å². The first-order chi connectivity index (χ1) is 14.1. The van der Waals surface area contributed by atoms with Gasteiger partial charge in [0.2, 0.25) is 5.95 Å². The Morgan fingerprint density at radius 1 is 1.21 bits per heavy atom. The van der Waals surface area contributed by atoms with Gasteiger partial charge in [-0.3, -0.25) is 0 Å². The Balaban J connectivity index is 1.42. The number of methoxy groups -OCH3 is 1. The lowest BCUT2D eigenvalue weighted by Crippen LogP contribution is -2.42. The molecule has 1 saturated heterocycles. The molecule has 0 unspecified atom stereocenters. The molecule has 0 amide bonds. The van der Waals surface area contributed by atoms with Gasteiger partial charge in [0.15, 0.2) is 0 Å². The largest absolute Gasteiger partial charge is 0.488 e. The Hall–Kier alpha value is -2.67. The van der Waals surface area contributed by atoms with Crippen LogP contribution in [0.2, 0.25) is 0 Å². The van der Waals surface area contributed by atoms with Crippen LogP contribution in [-0.4, -0.2) is 53.5 Å². The van der Waals surface area contributed by atoms with Gasteiger partial charge >= 0.3 is 5.97 Å². The van der Waals surface area contributed by atoms with Crippen molar-refractivity contribution in [2.75, 3.05) is 25.1 Å². The molecule has 2 fully saturated rings. The van der Waals surface area contributed by atoms with Crippen LogP contribution < -0.4 is 9.64 Å². The average Bonchev–Trinajstić information content (AvgIpc) is 3.16. The monoisotopic (exact) mass is 397 g/mol. The second-order valence-corrected chi connectivity index (χ2v) is 7.88. The lowest BCUT2D eigenvalue weighted by molar-refractivity contribution is -0.0231. The lowest BCUT2D eigenvalue weighted by atomic mass is 9.78. The molecule has 0 bridgehead atoms. The molecule has 7 nitrogen and oxygen atoms in total. The summed E-state index contributed by atoms with van der Waals surface area (Å²) in [5.41, 5.74) is 1.57. The predicted octanol–water partition coefficient (Wildman–Crippen LogP) is 2.48. The molecule has 2 aromatic rings. The second-order valence-electron chi connectivity index (χ2n) is 7.88. The first-order valence-electron chi connectivity index (χ1n) is 10.2. The predicted molar refractivity (Wildman–Crippen MR) is 108 cm³/mol. The first-order valence-corrected chi connectivity index (χ1v) is 10.2. The highest BCUT2D eigenvalue weighted by atomic mass is 16.5. The van der Waals surface area contributed by atoms with Crippen LogP contribution in [0.25, 0.3) is 0 Å². The molecular formula is C22H27N3O4. The highest BCUT2D eigenvalue weighted by Crippen LogP contribution is 2.39. The van der Waals surface area contributed by atoms with Crippen LogP contribution in [0.15, 0.2) is 36.7 Å². The fourth-order valence-corrected chi connectivity index (χ4v) is 4.36. The molecule has 0 spiro atoms. The van der Waals surface area contributed by atoms with E-state index in [0.29, 0.717) is 29.6 Å². The van der Waals surface area contributed by atoms with E-state index in [1.807, 2.05) is 12.4 Å². The number of esters is 1. The molecule has 1 saturated carbocycles. The molecule has 4 atom stereocenters. The highest BCUT2D eigenvalue weighted by Gasteiger charge is 2.43. The minimum atomic E-state index is -0.540. The van der Waals surface area contributed by atoms with Gasteiger partial charge in [0.05, 0.1) is 18.8 Å². The Morgan fingerprint density at radius 2 is 1.93 bits per heavy atom. The fourth-order valence-electron chi connectivity index (χ4n) is 4.36. The number of nitrogens with zero attached hydrogens (tertiary/aromatic N) is 3. The molecule has 4 rings (SSSR count). The van der Waals surface area contributed by atoms with Crippen molar-refractivity contribution in [3.05, 3.63) is 47.8 Å². The van der Waals surface area contributed by atoms with Crippen LogP contribution in [0, 0.1) is 11.8 Å². The van der Waals surface area contributed by atoms with Crippen LogP contribution in [0.5, 0.6) is 5.75 Å². The molecule has 1 aromatic carbocycles. The summed E-state index contributed by atoms with van der Waals surface area (Å²) >= 11 is 0. The summed E-state index contributed by atoms with van der Waals surface area (Å²) in [6.45, 7) is 3.81. The van der Waals surface area contributed by atoms with Crippen molar-refractivity contribution in [1.82, 2.24) is 9.97 Å². The molecule has 1 aromatic heterocycles. The number of anilines is 1. The van der Waals surface area contributed by atoms with Crippen LogP contribution in [0.3, 0.4) is 0 Å². The number of aliphatic hydroxyl groups is 1. The second kappa shape index (κ2) is 8.37. The van der Waals surface area contributed by atoms with E-state index in [1.165, 1.54) is 7.11 Å². The number of aryl methyl sites for hydroxylation is 1. The molecule has 29 heavy (non-hydrogen) atoms. The number of aromatic nitrogens is 2. The molecule has 154 valence electrons. The smallest absolute Gasteiger partial charge is 0.337 e. The molecule has 2 heterocycles. The van der Waals surface area contributed by atoms with Crippen molar-refractivity contribution >= 4 is 11.9 Å². The van der Waals surface area contributed by atoms with Crippen molar-refractivity contribution in [2.45, 2.75) is 38.4 Å². The maximum atomic E-state index is 11.7. The van der Waals surface area contributed by atoms with E-state index in [1.54, 1.807) is 24.3 Å². The standard InChI is InChI=1S/C22H27N3O4/c1-3-14-10-23-22(24-11-14)25-12-16-8-19(26)20(9-17(16)13-25)29-18-6-4-5-15(7-18)21(27)28-2/h4-7,10-11,16-17,19-20,26H,3,8-9,12-13H2,1-2H3/t16-,17+,19+,20+/m0/s1. The zero-order chi connectivity index (χ0) is 20.4. The van der Waals surface area contributed by atoms with Crippen molar-refractivity contribution < 1.29 is 19.4 Å². The van der Waals surface area contributed by atoms with Gasteiger partial charge in [-0.05, 0) is 54.9 Å². The fraction of sp³-hybridized carbons (Fsp3) is 0.500. The van der Waals surface area contributed by atoms with E-state index < -0.39 is 12.1 Å². The van der Waals surface area contributed by atoms with Gasteiger partial charge in [0.1, 0.15) is 11.9 Å². The van der Waals surface area contributed by atoms with Crippen molar-refractivity contribution in [3.8, 4) is 5.75 Å². The molecule has 1 aliphatic carbocycles. The summed E-state index contributed by atoms with van der Waals surface area (Å²) < 4.78 is 10.8. The average molecular weight is 397 g/mol. The number of carbonyl (C=O) groups is 1. The summed E-state index contributed by atoms with van der Waals surface area (Å²) in [6.07, 6.45) is 5.31. The molecule has 7 heteroatoms. The van der Waals surface area contributed by atoms with E-state index >= 15 is 0 Å². The van der Waals surface area contributed by atoms with Crippen LogP contribution >= 0.6 is 0 Å². The number of aliphatic hydroxyl groups excluding tert-OH is 1. The zero-order valence-corrected chi connectivity index (χ0v) is 16.8. The maximum Gasteiger partial charge on any atom is 0.337 e. The number of ether oxygens (including phenoxy) is 2. The summed E-state index contributed by atoms with van der Waals surface area (Å²) in [6, 6.07) is 6.91. The number of hydrogen-bond acceptors (Lipinski definition) is 7. The van der Waals surface area contributed by atoms with Gasteiger partial charge in [0, 0.05) is 25.5 Å².